The second kappa shape index (κ2) is 5.43. The van der Waals surface area contributed by atoms with Crippen LogP contribution in [-0.2, 0) is 6.54 Å². The van der Waals surface area contributed by atoms with Gasteiger partial charge in [-0.3, -0.25) is 0 Å². The van der Waals surface area contributed by atoms with E-state index < -0.39 is 0 Å². The maximum atomic E-state index is 13.5. The molecule has 0 fully saturated rings. The van der Waals surface area contributed by atoms with Gasteiger partial charge in [-0.2, -0.15) is 0 Å². The molecule has 1 N–H and O–H groups in total. The topological polar surface area (TPSA) is 38.1 Å². The van der Waals surface area contributed by atoms with E-state index in [1.165, 1.54) is 6.07 Å². The maximum Gasteiger partial charge on any atom is 0.208 e. The molecule has 1 aromatic carbocycles. The van der Waals surface area contributed by atoms with Crippen LogP contribution in [0.1, 0.15) is 26.7 Å². The van der Waals surface area contributed by atoms with Crippen LogP contribution in [0, 0.1) is 5.82 Å². The van der Waals surface area contributed by atoms with E-state index in [1.54, 1.807) is 18.3 Å². The Kier molecular flexibility index (Phi) is 4.06. The van der Waals surface area contributed by atoms with Crippen molar-refractivity contribution in [2.45, 2.75) is 32.9 Å². The van der Waals surface area contributed by atoms with Gasteiger partial charge in [-0.15, -0.1) is 0 Å². The van der Waals surface area contributed by atoms with Crippen molar-refractivity contribution in [3.05, 3.63) is 40.6 Å². The Morgan fingerprint density at radius 1 is 1.37 bits per heavy atom. The molecular formula is C14H16BrFN2O. The molecule has 0 atom stereocenters. The zero-order valence-electron chi connectivity index (χ0n) is 11.1. The molecule has 0 saturated carbocycles. The number of hydrogen-bond donors (Lipinski definition) is 1. The molecule has 0 amide bonds. The Morgan fingerprint density at radius 3 is 2.79 bits per heavy atom. The van der Waals surface area contributed by atoms with Gasteiger partial charge >= 0.3 is 0 Å². The van der Waals surface area contributed by atoms with E-state index >= 15 is 0 Å². The van der Waals surface area contributed by atoms with Crippen LogP contribution in [0.5, 0.6) is 0 Å². The third kappa shape index (κ3) is 3.64. The van der Waals surface area contributed by atoms with E-state index in [-0.39, 0.29) is 11.4 Å². The molecule has 0 unspecified atom stereocenters. The van der Waals surface area contributed by atoms with E-state index in [1.807, 2.05) is 0 Å². The van der Waals surface area contributed by atoms with Gasteiger partial charge in [0, 0.05) is 11.1 Å². The van der Waals surface area contributed by atoms with Gasteiger partial charge in [0.15, 0.2) is 5.76 Å². The van der Waals surface area contributed by atoms with Crippen molar-refractivity contribution in [1.29, 1.82) is 0 Å². The first-order valence-corrected chi connectivity index (χ1v) is 6.80. The third-order valence-electron chi connectivity index (χ3n) is 2.54. The predicted octanol–water partition coefficient (Wildman–Crippen LogP) is 4.13. The summed E-state index contributed by atoms with van der Waals surface area (Å²) in [6.45, 7) is 6.75. The highest BCUT2D eigenvalue weighted by atomic mass is 79.9. The SMILES string of the molecule is CC(C)(C)NCc1ncc(-c2cccc(F)c2Br)o1. The van der Waals surface area contributed by atoms with Crippen LogP contribution in [0.2, 0.25) is 0 Å². The molecule has 5 heteroatoms. The van der Waals surface area contributed by atoms with Crippen LogP contribution < -0.4 is 5.32 Å². The first-order chi connectivity index (χ1) is 8.87. The number of rotatable bonds is 3. The molecule has 3 nitrogen and oxygen atoms in total. The first-order valence-electron chi connectivity index (χ1n) is 6.01. The van der Waals surface area contributed by atoms with Crippen LogP contribution >= 0.6 is 15.9 Å². The molecule has 0 spiro atoms. The highest BCUT2D eigenvalue weighted by Crippen LogP contribution is 2.30. The van der Waals surface area contributed by atoms with Crippen molar-refractivity contribution in [3.8, 4) is 11.3 Å². The largest absolute Gasteiger partial charge is 0.439 e. The van der Waals surface area contributed by atoms with Crippen LogP contribution in [0.4, 0.5) is 4.39 Å². The number of nitrogens with zero attached hydrogens (tertiary/aromatic N) is 1. The fourth-order valence-corrected chi connectivity index (χ4v) is 2.01. The summed E-state index contributed by atoms with van der Waals surface area (Å²) in [5, 5.41) is 3.29. The Morgan fingerprint density at radius 2 is 2.11 bits per heavy atom. The number of halogens is 2. The lowest BCUT2D eigenvalue weighted by atomic mass is 10.1. The lowest BCUT2D eigenvalue weighted by molar-refractivity contribution is 0.383. The zero-order valence-corrected chi connectivity index (χ0v) is 12.7. The smallest absolute Gasteiger partial charge is 0.208 e. The monoisotopic (exact) mass is 326 g/mol. The van der Waals surface area contributed by atoms with Gasteiger partial charge in [-0.25, -0.2) is 9.37 Å². The first kappa shape index (κ1) is 14.2. The minimum atomic E-state index is -0.316. The summed E-state index contributed by atoms with van der Waals surface area (Å²) in [5.41, 5.74) is 0.656. The maximum absolute atomic E-state index is 13.5. The van der Waals surface area contributed by atoms with Crippen LogP contribution in [0.3, 0.4) is 0 Å². The molecule has 1 aromatic heterocycles. The predicted molar refractivity (Wildman–Crippen MR) is 76.2 cm³/mol. The van der Waals surface area contributed by atoms with Gasteiger partial charge in [-0.1, -0.05) is 6.07 Å². The van der Waals surface area contributed by atoms with Crippen molar-refractivity contribution in [2.24, 2.45) is 0 Å². The molecule has 0 bridgehead atoms. The van der Waals surface area contributed by atoms with Crippen molar-refractivity contribution < 1.29 is 8.81 Å². The third-order valence-corrected chi connectivity index (χ3v) is 3.35. The summed E-state index contributed by atoms with van der Waals surface area (Å²) in [4.78, 5) is 4.19. The van der Waals surface area contributed by atoms with Crippen LogP contribution in [-0.4, -0.2) is 10.5 Å². The Hall–Kier alpha value is -1.20. The average Bonchev–Trinajstić information content (AvgIpc) is 2.78. The van der Waals surface area contributed by atoms with Gasteiger partial charge in [0.2, 0.25) is 5.89 Å². The van der Waals surface area contributed by atoms with Gasteiger partial charge in [0.25, 0.3) is 0 Å². The lowest BCUT2D eigenvalue weighted by Crippen LogP contribution is -2.35. The number of nitrogens with one attached hydrogen (secondary N) is 1. The van der Waals surface area contributed by atoms with Gasteiger partial charge in [0.05, 0.1) is 17.2 Å². The minimum Gasteiger partial charge on any atom is -0.439 e. The van der Waals surface area contributed by atoms with E-state index in [2.05, 4.69) is 47.0 Å². The fourth-order valence-electron chi connectivity index (χ4n) is 1.55. The molecule has 0 aliphatic rings. The average molecular weight is 327 g/mol. The van der Waals surface area contributed by atoms with E-state index in [0.717, 1.165) is 0 Å². The second-order valence-electron chi connectivity index (χ2n) is 5.32. The molecule has 2 rings (SSSR count). The van der Waals surface area contributed by atoms with Crippen LogP contribution in [0.25, 0.3) is 11.3 Å². The lowest BCUT2D eigenvalue weighted by Gasteiger charge is -2.18. The van der Waals surface area contributed by atoms with Crippen molar-refractivity contribution in [1.82, 2.24) is 10.3 Å². The van der Waals surface area contributed by atoms with E-state index in [4.69, 9.17) is 4.42 Å². The summed E-state index contributed by atoms with van der Waals surface area (Å²) in [6, 6.07) is 4.83. The normalized spacial score (nSPS) is 11.8. The molecule has 0 radical (unpaired) electrons. The highest BCUT2D eigenvalue weighted by molar-refractivity contribution is 9.10. The Bertz CT molecular complexity index is 575. The summed E-state index contributed by atoms with van der Waals surface area (Å²) in [7, 11) is 0. The quantitative estimate of drug-likeness (QED) is 0.921. The fraction of sp³-hybridized carbons (Fsp3) is 0.357. The molecule has 0 aliphatic heterocycles. The van der Waals surface area contributed by atoms with Gasteiger partial charge in [-0.05, 0) is 48.8 Å². The van der Waals surface area contributed by atoms with Gasteiger partial charge in [0.1, 0.15) is 5.82 Å². The zero-order chi connectivity index (χ0) is 14.0. The second-order valence-corrected chi connectivity index (χ2v) is 6.12. The molecule has 1 heterocycles. The molecule has 19 heavy (non-hydrogen) atoms. The number of benzene rings is 1. The van der Waals surface area contributed by atoms with Gasteiger partial charge < -0.3 is 9.73 Å². The van der Waals surface area contributed by atoms with E-state index in [0.29, 0.717) is 28.2 Å². The summed E-state index contributed by atoms with van der Waals surface area (Å²) in [6.07, 6.45) is 1.61. The summed E-state index contributed by atoms with van der Waals surface area (Å²) >= 11 is 3.22. The summed E-state index contributed by atoms with van der Waals surface area (Å²) < 4.78 is 19.5. The molecule has 0 saturated heterocycles. The Balaban J connectivity index is 2.19. The van der Waals surface area contributed by atoms with Crippen molar-refractivity contribution in [2.75, 3.05) is 0 Å². The van der Waals surface area contributed by atoms with E-state index in [9.17, 15) is 4.39 Å². The van der Waals surface area contributed by atoms with Crippen molar-refractivity contribution in [3.63, 3.8) is 0 Å². The Labute approximate surface area is 120 Å². The highest BCUT2D eigenvalue weighted by Gasteiger charge is 2.14. The number of oxazole rings is 1. The molecule has 2 aromatic rings. The molecular weight excluding hydrogens is 311 g/mol. The van der Waals surface area contributed by atoms with Crippen molar-refractivity contribution >= 4 is 15.9 Å². The summed E-state index contributed by atoms with van der Waals surface area (Å²) in [5.74, 6) is 0.821. The number of hydrogen-bond acceptors (Lipinski definition) is 3. The number of aromatic nitrogens is 1. The molecule has 102 valence electrons. The molecule has 0 aliphatic carbocycles. The minimum absolute atomic E-state index is 0.00588. The van der Waals surface area contributed by atoms with Crippen LogP contribution in [0.15, 0.2) is 33.3 Å². The standard InChI is InChI=1S/C14H16BrFN2O/c1-14(2,3)18-8-12-17-7-11(19-12)9-5-4-6-10(16)13(9)15/h4-7,18H,8H2,1-3H3.